The van der Waals surface area contributed by atoms with E-state index in [9.17, 15) is 4.79 Å². The predicted molar refractivity (Wildman–Crippen MR) is 79.5 cm³/mol. The van der Waals surface area contributed by atoms with Gasteiger partial charge in [0, 0.05) is 16.1 Å². The van der Waals surface area contributed by atoms with Crippen molar-refractivity contribution in [1.29, 1.82) is 0 Å². The average Bonchev–Trinajstić information content (AvgIpc) is 2.52. The van der Waals surface area contributed by atoms with E-state index >= 15 is 0 Å². The fourth-order valence-corrected chi connectivity index (χ4v) is 2.55. The minimum atomic E-state index is -1.03. The third-order valence-electron chi connectivity index (χ3n) is 3.25. The number of rotatable bonds is 4. The number of carboxylic acid groups (broad SMARTS) is 1. The molecule has 0 unspecified atom stereocenters. The second kappa shape index (κ2) is 6.25. The Labute approximate surface area is 132 Å². The smallest absolute Gasteiger partial charge is 0.339 e. The summed E-state index contributed by atoms with van der Waals surface area (Å²) >= 11 is 6.08. The van der Waals surface area contributed by atoms with E-state index in [4.69, 9.17) is 30.9 Å². The van der Waals surface area contributed by atoms with Crippen molar-refractivity contribution in [3.63, 3.8) is 0 Å². The first-order valence-corrected chi connectivity index (χ1v) is 7.00. The summed E-state index contributed by atoms with van der Waals surface area (Å²) in [7, 11) is 0. The molecule has 5 nitrogen and oxygen atoms in total. The summed E-state index contributed by atoms with van der Waals surface area (Å²) in [6, 6.07) is 10.0. The van der Waals surface area contributed by atoms with Crippen LogP contribution in [0.3, 0.4) is 0 Å². The van der Waals surface area contributed by atoms with E-state index < -0.39 is 5.97 Å². The van der Waals surface area contributed by atoms with E-state index in [-0.39, 0.29) is 19.0 Å². The van der Waals surface area contributed by atoms with Crippen molar-refractivity contribution in [2.24, 2.45) is 0 Å². The van der Waals surface area contributed by atoms with E-state index in [1.54, 1.807) is 30.3 Å². The monoisotopic (exact) mass is 320 g/mol. The van der Waals surface area contributed by atoms with Crippen molar-refractivity contribution in [2.45, 2.75) is 13.2 Å². The van der Waals surface area contributed by atoms with Crippen LogP contribution < -0.4 is 9.47 Å². The van der Waals surface area contributed by atoms with Gasteiger partial charge in [0.25, 0.3) is 0 Å². The van der Waals surface area contributed by atoms with Crippen molar-refractivity contribution >= 4 is 17.6 Å². The van der Waals surface area contributed by atoms with Crippen LogP contribution in [0.2, 0.25) is 5.02 Å². The summed E-state index contributed by atoms with van der Waals surface area (Å²) in [5.74, 6) is -0.0485. The molecule has 0 saturated carbocycles. The molecule has 6 heteroatoms. The zero-order valence-electron chi connectivity index (χ0n) is 11.5. The quantitative estimate of drug-likeness (QED) is 0.934. The SMILES string of the molecule is O=C(O)c1ccccc1OCc1cc(Cl)cc2c1OCOC2. The summed E-state index contributed by atoms with van der Waals surface area (Å²) in [4.78, 5) is 11.2. The number of para-hydroxylation sites is 1. The minimum absolute atomic E-state index is 0.114. The number of hydrogen-bond acceptors (Lipinski definition) is 4. The van der Waals surface area contributed by atoms with E-state index in [0.717, 1.165) is 11.1 Å². The van der Waals surface area contributed by atoms with Gasteiger partial charge in [-0.05, 0) is 24.3 Å². The maximum absolute atomic E-state index is 11.2. The highest BCUT2D eigenvalue weighted by atomic mass is 35.5. The first kappa shape index (κ1) is 14.7. The Bertz CT molecular complexity index is 714. The third-order valence-corrected chi connectivity index (χ3v) is 3.47. The first-order chi connectivity index (χ1) is 10.6. The molecule has 1 heterocycles. The zero-order chi connectivity index (χ0) is 15.5. The van der Waals surface area contributed by atoms with Gasteiger partial charge >= 0.3 is 5.97 Å². The number of halogens is 1. The van der Waals surface area contributed by atoms with Crippen molar-refractivity contribution in [3.05, 3.63) is 58.1 Å². The van der Waals surface area contributed by atoms with Gasteiger partial charge in [0.15, 0.2) is 6.79 Å². The lowest BCUT2D eigenvalue weighted by molar-refractivity contribution is -0.0175. The summed E-state index contributed by atoms with van der Waals surface area (Å²) in [5, 5.41) is 9.71. The second-order valence-corrected chi connectivity index (χ2v) is 5.19. The molecule has 114 valence electrons. The van der Waals surface area contributed by atoms with Gasteiger partial charge in [-0.3, -0.25) is 0 Å². The van der Waals surface area contributed by atoms with Crippen LogP contribution in [0.4, 0.5) is 0 Å². The molecule has 0 radical (unpaired) electrons. The van der Waals surface area contributed by atoms with Gasteiger partial charge in [0.2, 0.25) is 0 Å². The van der Waals surface area contributed by atoms with E-state index in [0.29, 0.717) is 23.1 Å². The number of fused-ring (bicyclic) bond motifs is 1. The standard InChI is InChI=1S/C16H13ClO5/c17-12-5-10-7-20-9-22-15(10)11(6-12)8-21-14-4-2-1-3-13(14)16(18)19/h1-6H,7-9H2,(H,18,19). The largest absolute Gasteiger partial charge is 0.488 e. The summed E-state index contributed by atoms with van der Waals surface area (Å²) in [5.41, 5.74) is 1.72. The van der Waals surface area contributed by atoms with Gasteiger partial charge in [0.05, 0.1) is 6.61 Å². The number of aromatic carboxylic acids is 1. The van der Waals surface area contributed by atoms with Gasteiger partial charge in [-0.2, -0.15) is 0 Å². The number of carbonyl (C=O) groups is 1. The van der Waals surface area contributed by atoms with Gasteiger partial charge in [0.1, 0.15) is 23.7 Å². The highest BCUT2D eigenvalue weighted by molar-refractivity contribution is 6.30. The molecule has 0 spiro atoms. The molecule has 2 aromatic carbocycles. The van der Waals surface area contributed by atoms with E-state index in [2.05, 4.69) is 0 Å². The Morgan fingerprint density at radius 3 is 2.95 bits per heavy atom. The second-order valence-electron chi connectivity index (χ2n) is 4.75. The predicted octanol–water partition coefficient (Wildman–Crippen LogP) is 3.48. The number of ether oxygens (including phenoxy) is 3. The van der Waals surface area contributed by atoms with Crippen LogP contribution >= 0.6 is 11.6 Å². The lowest BCUT2D eigenvalue weighted by atomic mass is 10.1. The molecule has 1 aliphatic rings. The molecule has 0 fully saturated rings. The maximum Gasteiger partial charge on any atom is 0.339 e. The van der Waals surface area contributed by atoms with Crippen LogP contribution in [0.5, 0.6) is 11.5 Å². The van der Waals surface area contributed by atoms with Crippen LogP contribution in [0, 0.1) is 0 Å². The molecule has 3 rings (SSSR count). The average molecular weight is 321 g/mol. The first-order valence-electron chi connectivity index (χ1n) is 6.62. The lowest BCUT2D eigenvalue weighted by Crippen LogP contribution is -2.14. The lowest BCUT2D eigenvalue weighted by Gasteiger charge is -2.21. The van der Waals surface area contributed by atoms with E-state index in [1.807, 2.05) is 0 Å². The van der Waals surface area contributed by atoms with Crippen LogP contribution in [-0.4, -0.2) is 17.9 Å². The fraction of sp³-hybridized carbons (Fsp3) is 0.188. The molecule has 0 saturated heterocycles. The highest BCUT2D eigenvalue weighted by Crippen LogP contribution is 2.32. The third kappa shape index (κ3) is 3.00. The van der Waals surface area contributed by atoms with Gasteiger partial charge in [-0.1, -0.05) is 23.7 Å². The van der Waals surface area contributed by atoms with Crippen molar-refractivity contribution < 1.29 is 24.1 Å². The topological polar surface area (TPSA) is 65.0 Å². The van der Waals surface area contributed by atoms with Crippen molar-refractivity contribution in [1.82, 2.24) is 0 Å². The molecule has 1 N–H and O–H groups in total. The Balaban J connectivity index is 1.86. The number of benzene rings is 2. The Morgan fingerprint density at radius 2 is 2.14 bits per heavy atom. The Kier molecular flexibility index (Phi) is 4.18. The Morgan fingerprint density at radius 1 is 1.32 bits per heavy atom. The van der Waals surface area contributed by atoms with Crippen LogP contribution in [0.1, 0.15) is 21.5 Å². The molecule has 0 aromatic heterocycles. The molecule has 1 aliphatic heterocycles. The summed E-state index contributed by atoms with van der Waals surface area (Å²) in [6.45, 7) is 0.759. The summed E-state index contributed by atoms with van der Waals surface area (Å²) < 4.78 is 16.4. The zero-order valence-corrected chi connectivity index (χ0v) is 12.3. The van der Waals surface area contributed by atoms with Gasteiger partial charge < -0.3 is 19.3 Å². The minimum Gasteiger partial charge on any atom is -0.488 e. The number of hydrogen-bond donors (Lipinski definition) is 1. The molecule has 0 amide bonds. The fourth-order valence-electron chi connectivity index (χ4n) is 2.29. The molecule has 0 aliphatic carbocycles. The van der Waals surface area contributed by atoms with Crippen molar-refractivity contribution in [3.8, 4) is 11.5 Å². The van der Waals surface area contributed by atoms with Crippen LogP contribution in [-0.2, 0) is 18.0 Å². The highest BCUT2D eigenvalue weighted by Gasteiger charge is 2.18. The molecular formula is C16H13ClO5. The Hall–Kier alpha value is -2.24. The van der Waals surface area contributed by atoms with E-state index in [1.165, 1.54) is 6.07 Å². The molecular weight excluding hydrogens is 308 g/mol. The van der Waals surface area contributed by atoms with Crippen molar-refractivity contribution in [2.75, 3.05) is 6.79 Å². The van der Waals surface area contributed by atoms with Crippen LogP contribution in [0.25, 0.3) is 0 Å². The molecule has 22 heavy (non-hydrogen) atoms. The van der Waals surface area contributed by atoms with Gasteiger partial charge in [-0.25, -0.2) is 4.79 Å². The normalized spacial score (nSPS) is 13.1. The molecule has 0 bridgehead atoms. The van der Waals surface area contributed by atoms with Gasteiger partial charge in [-0.15, -0.1) is 0 Å². The maximum atomic E-state index is 11.2. The number of carboxylic acids is 1. The molecule has 2 aromatic rings. The van der Waals surface area contributed by atoms with Crippen LogP contribution in [0.15, 0.2) is 36.4 Å². The summed E-state index contributed by atoms with van der Waals surface area (Å²) in [6.07, 6.45) is 0. The molecule has 0 atom stereocenters.